The highest BCUT2D eigenvalue weighted by Gasteiger charge is 2.36. The minimum atomic E-state index is 0.198. The number of nitrogens with zero attached hydrogens (tertiary/aromatic N) is 4. The molecule has 0 aromatic carbocycles. The van der Waals surface area contributed by atoms with Crippen LogP contribution in [0.1, 0.15) is 35.7 Å². The molecule has 0 radical (unpaired) electrons. The van der Waals surface area contributed by atoms with E-state index in [-0.39, 0.29) is 11.9 Å². The highest BCUT2D eigenvalue weighted by Crippen LogP contribution is 2.43. The van der Waals surface area contributed by atoms with Crippen LogP contribution >= 0.6 is 0 Å². The van der Waals surface area contributed by atoms with Crippen molar-refractivity contribution in [3.8, 4) is 28.8 Å². The van der Waals surface area contributed by atoms with Crippen molar-refractivity contribution in [2.75, 3.05) is 5.73 Å². The lowest BCUT2D eigenvalue weighted by Gasteiger charge is -2.27. The highest BCUT2D eigenvalue weighted by molar-refractivity contribution is 5.79. The summed E-state index contributed by atoms with van der Waals surface area (Å²) < 4.78 is 5.34. The summed E-state index contributed by atoms with van der Waals surface area (Å²) in [6, 6.07) is 6.47. The molecular formula is C19H16N6O. The maximum absolute atomic E-state index is 9.69. The molecule has 0 aliphatic carbocycles. The van der Waals surface area contributed by atoms with Crippen LogP contribution < -0.4 is 11.1 Å². The summed E-state index contributed by atoms with van der Waals surface area (Å²) in [7, 11) is 0. The normalized spacial score (nSPS) is 20.6. The first-order valence-electron chi connectivity index (χ1n) is 8.59. The minimum Gasteiger partial charge on any atom is -0.461 e. The molecule has 3 N–H and O–H groups in total. The summed E-state index contributed by atoms with van der Waals surface area (Å²) >= 11 is 0. The number of nitrogens with one attached hydrogen (secondary N) is 1. The predicted octanol–water partition coefficient (Wildman–Crippen LogP) is 2.60. The van der Waals surface area contributed by atoms with Gasteiger partial charge in [-0.25, -0.2) is 15.0 Å². The summed E-state index contributed by atoms with van der Waals surface area (Å²) in [5.74, 6) is 1.39. The molecule has 2 aliphatic heterocycles. The van der Waals surface area contributed by atoms with Crippen LogP contribution in [0.3, 0.4) is 0 Å². The SMILES string of the molecule is N#Cc1c(N)nc2c(c1-c1cnc(-c3ccco3)nc1)C1CCC(C2)N1. The maximum Gasteiger partial charge on any atom is 0.195 e. The van der Waals surface area contributed by atoms with Crippen LogP contribution in [-0.4, -0.2) is 21.0 Å². The molecule has 3 aromatic rings. The number of aromatic nitrogens is 3. The van der Waals surface area contributed by atoms with Gasteiger partial charge in [-0.05, 0) is 25.0 Å². The molecule has 128 valence electrons. The monoisotopic (exact) mass is 344 g/mol. The van der Waals surface area contributed by atoms with E-state index in [1.54, 1.807) is 24.7 Å². The molecule has 1 saturated heterocycles. The Morgan fingerprint density at radius 3 is 2.85 bits per heavy atom. The van der Waals surface area contributed by atoms with Gasteiger partial charge < -0.3 is 15.5 Å². The number of rotatable bonds is 2. The van der Waals surface area contributed by atoms with Crippen LogP contribution in [0.15, 0.2) is 35.2 Å². The van der Waals surface area contributed by atoms with Crippen LogP contribution in [-0.2, 0) is 6.42 Å². The molecule has 5 heterocycles. The zero-order valence-corrected chi connectivity index (χ0v) is 13.9. The molecule has 0 spiro atoms. The summed E-state index contributed by atoms with van der Waals surface area (Å²) in [6.07, 6.45) is 8.01. The molecule has 2 unspecified atom stereocenters. The first-order valence-corrected chi connectivity index (χ1v) is 8.59. The highest BCUT2D eigenvalue weighted by atomic mass is 16.3. The van der Waals surface area contributed by atoms with E-state index in [0.717, 1.165) is 41.6 Å². The van der Waals surface area contributed by atoms with Crippen LogP contribution in [0.2, 0.25) is 0 Å². The standard InChI is InChI=1S/C19H16N6O/c20-7-12-16(10-8-22-19(23-9-10)15-2-1-5-26-15)17-13-4-3-11(24-13)6-14(17)25-18(12)21/h1-2,5,8-9,11,13,24H,3-4,6H2,(H2,21,25). The molecule has 0 saturated carbocycles. The van der Waals surface area contributed by atoms with Crippen molar-refractivity contribution in [3.63, 3.8) is 0 Å². The van der Waals surface area contributed by atoms with Crippen molar-refractivity contribution in [2.45, 2.75) is 31.3 Å². The van der Waals surface area contributed by atoms with Crippen LogP contribution in [0.25, 0.3) is 22.7 Å². The second-order valence-corrected chi connectivity index (χ2v) is 6.69. The number of hydrogen-bond acceptors (Lipinski definition) is 7. The molecule has 0 amide bonds. The smallest absolute Gasteiger partial charge is 0.195 e. The third-order valence-corrected chi connectivity index (χ3v) is 5.16. The lowest BCUT2D eigenvalue weighted by atomic mass is 9.89. The summed E-state index contributed by atoms with van der Waals surface area (Å²) in [5, 5.41) is 13.3. The molecular weight excluding hydrogens is 328 g/mol. The number of anilines is 1. The quantitative estimate of drug-likeness (QED) is 0.734. The number of nitrogen functional groups attached to an aromatic ring is 1. The van der Waals surface area contributed by atoms with Gasteiger partial charge in [0.2, 0.25) is 0 Å². The van der Waals surface area contributed by atoms with Gasteiger partial charge in [0.1, 0.15) is 17.5 Å². The van der Waals surface area contributed by atoms with Gasteiger partial charge in [-0.2, -0.15) is 5.26 Å². The van der Waals surface area contributed by atoms with Gasteiger partial charge in [-0.1, -0.05) is 0 Å². The Balaban J connectivity index is 1.69. The van der Waals surface area contributed by atoms with Crippen LogP contribution in [0.5, 0.6) is 0 Å². The Kier molecular flexibility index (Phi) is 3.27. The second-order valence-electron chi connectivity index (χ2n) is 6.69. The summed E-state index contributed by atoms with van der Waals surface area (Å²) in [4.78, 5) is 13.4. The number of pyridine rings is 1. The fraction of sp³-hybridized carbons (Fsp3) is 0.263. The zero-order valence-electron chi connectivity index (χ0n) is 13.9. The van der Waals surface area contributed by atoms with Gasteiger partial charge in [-0.15, -0.1) is 0 Å². The maximum atomic E-state index is 9.69. The molecule has 2 bridgehead atoms. The Bertz CT molecular complexity index is 1020. The molecule has 1 fully saturated rings. The first kappa shape index (κ1) is 15.0. The number of fused-ring (bicyclic) bond motifs is 4. The van der Waals surface area contributed by atoms with Crippen molar-refractivity contribution in [3.05, 3.63) is 47.6 Å². The predicted molar refractivity (Wildman–Crippen MR) is 94.7 cm³/mol. The largest absolute Gasteiger partial charge is 0.461 e. The second kappa shape index (κ2) is 5.64. The average molecular weight is 344 g/mol. The van der Waals surface area contributed by atoms with Crippen molar-refractivity contribution in [1.29, 1.82) is 5.26 Å². The van der Waals surface area contributed by atoms with E-state index in [0.29, 0.717) is 23.2 Å². The fourth-order valence-electron chi connectivity index (χ4n) is 4.04. The van der Waals surface area contributed by atoms with E-state index in [1.165, 1.54) is 0 Å². The van der Waals surface area contributed by atoms with E-state index in [2.05, 4.69) is 26.3 Å². The van der Waals surface area contributed by atoms with Crippen LogP contribution in [0.4, 0.5) is 5.82 Å². The Morgan fingerprint density at radius 1 is 1.27 bits per heavy atom. The van der Waals surface area contributed by atoms with Crippen molar-refractivity contribution in [1.82, 2.24) is 20.3 Å². The van der Waals surface area contributed by atoms with E-state index in [9.17, 15) is 5.26 Å². The lowest BCUT2D eigenvalue weighted by Crippen LogP contribution is -2.33. The molecule has 3 aromatic heterocycles. The summed E-state index contributed by atoms with van der Waals surface area (Å²) in [6.45, 7) is 0. The molecule has 2 aliphatic rings. The fourth-order valence-corrected chi connectivity index (χ4v) is 4.04. The zero-order chi connectivity index (χ0) is 17.7. The Morgan fingerprint density at radius 2 is 2.12 bits per heavy atom. The molecule has 5 rings (SSSR count). The van der Waals surface area contributed by atoms with E-state index >= 15 is 0 Å². The number of nitrogens with two attached hydrogens (primary N) is 1. The topological polar surface area (TPSA) is 114 Å². The summed E-state index contributed by atoms with van der Waals surface area (Å²) in [5.41, 5.74) is 10.1. The first-order chi connectivity index (χ1) is 12.7. The third-order valence-electron chi connectivity index (χ3n) is 5.16. The minimum absolute atomic E-state index is 0.198. The van der Waals surface area contributed by atoms with Crippen molar-refractivity contribution < 1.29 is 4.42 Å². The Labute approximate surface area is 149 Å². The van der Waals surface area contributed by atoms with Crippen molar-refractivity contribution >= 4 is 5.82 Å². The van der Waals surface area contributed by atoms with E-state index in [4.69, 9.17) is 10.2 Å². The Hall–Kier alpha value is -3.24. The molecule has 2 atom stereocenters. The number of nitriles is 1. The molecule has 26 heavy (non-hydrogen) atoms. The lowest BCUT2D eigenvalue weighted by molar-refractivity contribution is 0.508. The number of furan rings is 1. The van der Waals surface area contributed by atoms with Gasteiger partial charge in [-0.3, -0.25) is 0 Å². The van der Waals surface area contributed by atoms with E-state index in [1.807, 2.05) is 6.07 Å². The number of hydrogen-bond donors (Lipinski definition) is 2. The molecule has 7 heteroatoms. The van der Waals surface area contributed by atoms with Gasteiger partial charge >= 0.3 is 0 Å². The van der Waals surface area contributed by atoms with Gasteiger partial charge in [0.25, 0.3) is 0 Å². The third kappa shape index (κ3) is 2.20. The van der Waals surface area contributed by atoms with Gasteiger partial charge in [0, 0.05) is 53.3 Å². The van der Waals surface area contributed by atoms with Gasteiger partial charge in [0.15, 0.2) is 11.6 Å². The van der Waals surface area contributed by atoms with Gasteiger partial charge in [0.05, 0.1) is 6.26 Å². The van der Waals surface area contributed by atoms with Crippen molar-refractivity contribution in [2.24, 2.45) is 0 Å². The van der Waals surface area contributed by atoms with E-state index < -0.39 is 0 Å². The molecule has 7 nitrogen and oxygen atoms in total. The average Bonchev–Trinajstić information content (AvgIpc) is 3.31. The van der Waals surface area contributed by atoms with Crippen LogP contribution in [0, 0.1) is 11.3 Å².